The molecule has 8 aromatic carbocycles. The van der Waals surface area contributed by atoms with Crippen LogP contribution < -0.4 is 40.2 Å². The highest BCUT2D eigenvalue weighted by Gasteiger charge is 2.82. The van der Waals surface area contributed by atoms with E-state index in [1.165, 1.54) is 39.8 Å². The second-order valence-corrected chi connectivity index (χ2v) is 36.7. The highest BCUT2D eigenvalue weighted by atomic mass is 16.7. The molecule has 0 spiro atoms. The van der Waals surface area contributed by atoms with Crippen molar-refractivity contribution >= 4 is 108 Å². The fourth-order valence-electron chi connectivity index (χ4n) is 19.9. The molecule has 18 rings (SSSR count). The lowest BCUT2D eigenvalue weighted by Crippen LogP contribution is -2.91. The Kier molecular flexibility index (Phi) is 27.2. The molecule has 30 nitrogen and oxygen atoms in total. The smallest absolute Gasteiger partial charge is 0.358 e. The van der Waals surface area contributed by atoms with Gasteiger partial charge in [-0.25, -0.2) is 28.8 Å². The number of carbonyl (C=O) groups excluding carboxylic acids is 14. The van der Waals surface area contributed by atoms with Crippen LogP contribution in [0.5, 0.6) is 23.0 Å². The molecule has 6 heterocycles. The number of fused-ring (bicyclic) bond motifs is 16. The maximum absolute atomic E-state index is 13.8. The van der Waals surface area contributed by atoms with Gasteiger partial charge in [-0.3, -0.25) is 48.2 Å². The largest absolute Gasteiger partial charge is 0.461 e. The number of benzene rings is 8. The molecule has 0 radical (unpaired) electrons. The molecule has 14 unspecified atom stereocenters. The summed E-state index contributed by atoms with van der Waals surface area (Å²) in [5.41, 5.74) is 6.46. The van der Waals surface area contributed by atoms with Crippen LogP contribution in [0.15, 0.2) is 294 Å². The van der Waals surface area contributed by atoms with Gasteiger partial charge >= 0.3 is 59.9 Å². The molecule has 716 valence electrons. The minimum absolute atomic E-state index is 0.0209. The number of ether oxygens (including phenoxy) is 6. The van der Waals surface area contributed by atoms with Crippen molar-refractivity contribution in [3.8, 4) is 23.0 Å². The van der Waals surface area contributed by atoms with Crippen LogP contribution in [0.25, 0.3) is 24.3 Å². The average molecular weight is 1890 g/mol. The van der Waals surface area contributed by atoms with Crippen molar-refractivity contribution in [2.24, 2.45) is 45.3 Å². The van der Waals surface area contributed by atoms with E-state index in [0.29, 0.717) is 21.3 Å². The van der Waals surface area contributed by atoms with Gasteiger partial charge in [0.05, 0.1) is 82.6 Å². The number of rotatable bonds is 26. The Morgan fingerprint density at radius 3 is 1.04 bits per heavy atom. The number of allylic oxidation sites excluding steroid dienone is 2. The number of esters is 6. The SMILES string of the molecule is C=C(C)C(=C)ON1C(=O)NC2C3NC(=O)N(OC(=C)C(=C)C)C(=O)C3(C)C2(C)C1=O.C=C(C)C(=O)Oc1ccc2c(c1)OC(=O)C1C3C(=O)Oc4cc(OC(=O)C(=C)C)ccc4C3C21.C=Cc1ccc(CN2C(=O)NC3C4NC(=O)N(Cc5ccc(C=C)cc5)C(=O)C4(C)C3(C)C2=O)cc1.C=Cc1ccc(COC(=O)C2C(c3ccccc3)C(C(=O)OCc3cccc(C=C)c3)C2c2ccccc2)cc1. The lowest BCUT2D eigenvalue weighted by Gasteiger charge is -2.68. The summed E-state index contributed by atoms with van der Waals surface area (Å²) in [6.45, 7) is 49.9. The minimum atomic E-state index is -1.43. The summed E-state index contributed by atoms with van der Waals surface area (Å²) in [6, 6.07) is 53.6. The van der Waals surface area contributed by atoms with Crippen molar-refractivity contribution in [3.63, 3.8) is 0 Å². The molecular weight excluding hydrogens is 1790 g/mol. The van der Waals surface area contributed by atoms with Crippen molar-refractivity contribution in [1.29, 1.82) is 0 Å². The quantitative estimate of drug-likeness (QED) is 0.0129. The van der Waals surface area contributed by atoms with Gasteiger partial charge in [-0.2, -0.15) is 0 Å². The van der Waals surface area contributed by atoms with E-state index in [9.17, 15) is 67.1 Å². The Balaban J connectivity index is 0.000000142. The normalized spacial score (nSPS) is 25.6. The Labute approximate surface area is 808 Å². The fourth-order valence-corrected chi connectivity index (χ4v) is 19.9. The Morgan fingerprint density at radius 1 is 0.357 bits per heavy atom. The number of amides is 12. The predicted molar refractivity (Wildman–Crippen MR) is 515 cm³/mol. The number of hydroxylamine groups is 4. The number of hydrogen-bond donors (Lipinski definition) is 4. The number of carbonyl (C=O) groups is 14. The highest BCUT2D eigenvalue weighted by Crippen LogP contribution is 2.67. The summed E-state index contributed by atoms with van der Waals surface area (Å²) in [7, 11) is 0. The summed E-state index contributed by atoms with van der Waals surface area (Å²) in [5, 5.41) is 12.1. The second kappa shape index (κ2) is 38.8. The van der Waals surface area contributed by atoms with Crippen molar-refractivity contribution in [3.05, 3.63) is 360 Å². The van der Waals surface area contributed by atoms with E-state index in [2.05, 4.69) is 87.1 Å². The van der Waals surface area contributed by atoms with E-state index >= 15 is 0 Å². The van der Waals surface area contributed by atoms with E-state index in [1.807, 2.05) is 158 Å². The maximum Gasteiger partial charge on any atom is 0.358 e. The van der Waals surface area contributed by atoms with Gasteiger partial charge in [-0.05, 0) is 151 Å². The van der Waals surface area contributed by atoms with Gasteiger partial charge in [0, 0.05) is 47.0 Å². The lowest BCUT2D eigenvalue weighted by atomic mass is 9.42. The first kappa shape index (κ1) is 97.9. The molecule has 12 amide bonds. The number of imide groups is 4. The first-order chi connectivity index (χ1) is 66.7. The highest BCUT2D eigenvalue weighted by molar-refractivity contribution is 6.12. The Bertz CT molecular complexity index is 6300. The monoisotopic (exact) mass is 1890 g/mol. The second-order valence-electron chi connectivity index (χ2n) is 36.7. The van der Waals surface area contributed by atoms with Crippen LogP contribution in [0.1, 0.15) is 146 Å². The van der Waals surface area contributed by atoms with Crippen LogP contribution in [0.3, 0.4) is 0 Å². The molecule has 0 bridgehead atoms. The van der Waals surface area contributed by atoms with E-state index < -0.39 is 141 Å². The standard InChI is InChI=1S/C36H32O4.C28H28N4O4.C26H20O8.C20H24N4O6/c1-3-25-18-20-27(21-19-25)23-39-35(37)33-31(29-14-7-5-8-15-29)34(32(33)30-16-9-6-10-17-30)36(38)40-24-28-13-11-12-26(4-2)22-28;1-5-17-7-11-19(12-8-17)15-31-23(33)27(3)21(29-25(31)35)22-28(27,4)24(34)32(26(36)30-22)16-20-13-9-18(6-2)10-14-20;1-11(2)23(27)31-13-5-7-15-17(9-13)33-25(29)21-19(15)20-16-8-6-14(32-24(28)12(3)4)10-18(16)34-26(30)22(20)21;1-9(2)11(5)29-23-15(25)19(7)13(21-17(23)27)14-20(19,8)16(26)24(18(28)22-14)30-12(6)10(3)4/h3-22,31-34H,1-2,23-24H2;5-14,21-22H,1-2,15-16H2,3-4H3,(H,29,35)(H,30,36);5-10,19-22H,1,3H2,2,4H3;13-14H,1,3,5-6H2,2,4,7-8H3,(H,21,27)(H,22,28). The average Bonchev–Trinajstić information content (AvgIpc) is 0.652. The number of urea groups is 4. The summed E-state index contributed by atoms with van der Waals surface area (Å²) in [4.78, 5) is 195. The molecule has 10 aliphatic rings. The third-order valence-electron chi connectivity index (χ3n) is 28.3. The van der Waals surface area contributed by atoms with Gasteiger partial charge in [-0.15, -0.1) is 0 Å². The van der Waals surface area contributed by atoms with Gasteiger partial charge in [0.2, 0.25) is 11.8 Å². The van der Waals surface area contributed by atoms with Gasteiger partial charge in [0.25, 0.3) is 11.8 Å². The van der Waals surface area contributed by atoms with E-state index in [1.54, 1.807) is 76.3 Å². The van der Waals surface area contributed by atoms with Crippen LogP contribution in [-0.2, 0) is 93.4 Å². The lowest BCUT2D eigenvalue weighted by molar-refractivity contribution is -0.231. The topological polar surface area (TPSA) is 374 Å². The van der Waals surface area contributed by atoms with Crippen molar-refractivity contribution in [2.45, 2.75) is 130 Å². The minimum Gasteiger partial charge on any atom is -0.461 e. The number of nitrogens with one attached hydrogen (secondary N) is 4. The summed E-state index contributed by atoms with van der Waals surface area (Å²) in [5.74, 6) is -7.97. The zero-order valence-corrected chi connectivity index (χ0v) is 78.4. The Hall–Kier alpha value is -16.7. The molecular formula is C110H104N8O22. The van der Waals surface area contributed by atoms with Gasteiger partial charge in [0.1, 0.15) is 36.2 Å². The zero-order valence-electron chi connectivity index (χ0n) is 78.4. The molecule has 4 saturated heterocycles. The third kappa shape index (κ3) is 17.4. The first-order valence-corrected chi connectivity index (χ1v) is 45.0. The van der Waals surface area contributed by atoms with Crippen LogP contribution in [-0.4, -0.2) is 128 Å². The molecule has 140 heavy (non-hydrogen) atoms. The molecule has 4 saturated carbocycles. The first-order valence-electron chi connectivity index (χ1n) is 45.0. The van der Waals surface area contributed by atoms with E-state index in [0.717, 1.165) is 76.6 Å². The molecule has 0 aromatic heterocycles. The summed E-state index contributed by atoms with van der Waals surface area (Å²) in [6.07, 6.45) is 6.96. The predicted octanol–water partition coefficient (Wildman–Crippen LogP) is 16.6. The summed E-state index contributed by atoms with van der Waals surface area (Å²) < 4.78 is 33.2. The van der Waals surface area contributed by atoms with E-state index in [-0.39, 0.29) is 108 Å². The number of nitrogens with zero attached hydrogens (tertiary/aromatic N) is 4. The Morgan fingerprint density at radius 2 is 0.693 bits per heavy atom. The van der Waals surface area contributed by atoms with Crippen molar-refractivity contribution in [1.82, 2.24) is 41.2 Å². The van der Waals surface area contributed by atoms with Crippen LogP contribution >= 0.6 is 0 Å². The molecule has 14 atom stereocenters. The van der Waals surface area contributed by atoms with Gasteiger partial charge < -0.3 is 59.4 Å². The van der Waals surface area contributed by atoms with Crippen LogP contribution in [0.4, 0.5) is 19.2 Å². The van der Waals surface area contributed by atoms with Crippen molar-refractivity contribution < 1.29 is 105 Å². The maximum atomic E-state index is 13.8. The zero-order chi connectivity index (χ0) is 101. The summed E-state index contributed by atoms with van der Waals surface area (Å²) >= 11 is 0. The van der Waals surface area contributed by atoms with E-state index in [4.69, 9.17) is 38.1 Å². The molecule has 8 fully saturated rings. The van der Waals surface area contributed by atoms with Crippen LogP contribution in [0.2, 0.25) is 0 Å². The van der Waals surface area contributed by atoms with Gasteiger partial charge in [-0.1, -0.05) is 264 Å². The third-order valence-corrected chi connectivity index (χ3v) is 28.3. The molecule has 4 N–H and O–H groups in total. The molecule has 8 aromatic rings. The van der Waals surface area contributed by atoms with Crippen LogP contribution in [0, 0.1) is 45.3 Å². The molecule has 6 aliphatic heterocycles. The number of hydrogen-bond acceptors (Lipinski definition) is 22. The van der Waals surface area contributed by atoms with Crippen molar-refractivity contribution in [2.75, 3.05) is 0 Å². The molecule has 4 aliphatic carbocycles. The van der Waals surface area contributed by atoms with Gasteiger partial charge in [0.15, 0.2) is 11.5 Å². The molecule has 30 heteroatoms. The fraction of sp³-hybridized carbons (Fsp3) is 0.255.